The van der Waals surface area contributed by atoms with E-state index in [-0.39, 0.29) is 11.8 Å². The molecule has 2 amide bonds. The Balaban J connectivity index is 1.70. The fourth-order valence-electron chi connectivity index (χ4n) is 2.41. The van der Waals surface area contributed by atoms with Gasteiger partial charge in [0.1, 0.15) is 5.82 Å². The number of nitrogens with one attached hydrogen (secondary N) is 1. The standard InChI is InChI=1S/C15H23N5O2/c16-6-4-14(21)18-8-5-15(22)20-11-9-19(10-12-20)13-3-1-2-7-17-13/h1-3,7H,4-6,8-12,16H2,(H,18,21). The minimum atomic E-state index is -0.102. The van der Waals surface area contributed by atoms with Gasteiger partial charge in [-0.1, -0.05) is 6.07 Å². The SMILES string of the molecule is NCCC(=O)NCCC(=O)N1CCN(c2ccccn2)CC1. The van der Waals surface area contributed by atoms with Gasteiger partial charge >= 0.3 is 0 Å². The zero-order valence-electron chi connectivity index (χ0n) is 12.7. The number of pyridine rings is 1. The molecule has 7 nitrogen and oxygen atoms in total. The highest BCUT2D eigenvalue weighted by Crippen LogP contribution is 2.12. The summed E-state index contributed by atoms with van der Waals surface area (Å²) in [6.45, 7) is 3.64. The van der Waals surface area contributed by atoms with E-state index in [2.05, 4.69) is 15.2 Å². The molecule has 3 N–H and O–H groups in total. The third-order valence-electron chi connectivity index (χ3n) is 3.64. The second-order valence-electron chi connectivity index (χ2n) is 5.19. The smallest absolute Gasteiger partial charge is 0.224 e. The number of piperazine rings is 1. The molecule has 0 spiro atoms. The largest absolute Gasteiger partial charge is 0.356 e. The van der Waals surface area contributed by atoms with Crippen molar-refractivity contribution in [2.75, 3.05) is 44.2 Å². The van der Waals surface area contributed by atoms with E-state index in [9.17, 15) is 9.59 Å². The number of amides is 2. The number of nitrogens with two attached hydrogens (primary N) is 1. The molecule has 0 atom stereocenters. The van der Waals surface area contributed by atoms with E-state index in [1.807, 2.05) is 23.1 Å². The van der Waals surface area contributed by atoms with Crippen LogP contribution >= 0.6 is 0 Å². The molecule has 2 rings (SSSR count). The lowest BCUT2D eigenvalue weighted by Gasteiger charge is -2.35. The number of nitrogens with zero attached hydrogens (tertiary/aromatic N) is 3. The van der Waals surface area contributed by atoms with E-state index < -0.39 is 0 Å². The Morgan fingerprint density at radius 1 is 1.18 bits per heavy atom. The maximum absolute atomic E-state index is 12.1. The molecule has 1 saturated heterocycles. The van der Waals surface area contributed by atoms with E-state index in [0.717, 1.165) is 18.9 Å². The van der Waals surface area contributed by atoms with Gasteiger partial charge in [-0.3, -0.25) is 9.59 Å². The first kappa shape index (κ1) is 16.2. The lowest BCUT2D eigenvalue weighted by Crippen LogP contribution is -2.49. The summed E-state index contributed by atoms with van der Waals surface area (Å²) in [7, 11) is 0. The lowest BCUT2D eigenvalue weighted by atomic mass is 10.2. The summed E-state index contributed by atoms with van der Waals surface area (Å²) in [6.07, 6.45) is 2.41. The Bertz CT molecular complexity index is 486. The molecule has 0 aliphatic carbocycles. The lowest BCUT2D eigenvalue weighted by molar-refractivity contribution is -0.131. The highest BCUT2D eigenvalue weighted by atomic mass is 16.2. The van der Waals surface area contributed by atoms with E-state index >= 15 is 0 Å². The Morgan fingerprint density at radius 2 is 1.95 bits per heavy atom. The van der Waals surface area contributed by atoms with Crippen LogP contribution in [0, 0.1) is 0 Å². The van der Waals surface area contributed by atoms with Gasteiger partial charge < -0.3 is 20.9 Å². The molecule has 1 aromatic heterocycles. The van der Waals surface area contributed by atoms with Crippen LogP contribution in [0.2, 0.25) is 0 Å². The van der Waals surface area contributed by atoms with Crippen molar-refractivity contribution in [3.05, 3.63) is 24.4 Å². The van der Waals surface area contributed by atoms with Crippen molar-refractivity contribution in [2.45, 2.75) is 12.8 Å². The van der Waals surface area contributed by atoms with E-state index in [4.69, 9.17) is 5.73 Å². The van der Waals surface area contributed by atoms with Gasteiger partial charge in [-0.05, 0) is 12.1 Å². The summed E-state index contributed by atoms with van der Waals surface area (Å²) >= 11 is 0. The minimum absolute atomic E-state index is 0.0775. The van der Waals surface area contributed by atoms with Crippen LogP contribution in [-0.2, 0) is 9.59 Å². The van der Waals surface area contributed by atoms with Gasteiger partial charge in [-0.25, -0.2) is 4.98 Å². The zero-order chi connectivity index (χ0) is 15.8. The van der Waals surface area contributed by atoms with Crippen LogP contribution in [0.15, 0.2) is 24.4 Å². The van der Waals surface area contributed by atoms with Gasteiger partial charge in [0.15, 0.2) is 0 Å². The Labute approximate surface area is 130 Å². The molecule has 0 saturated carbocycles. The van der Waals surface area contributed by atoms with Crippen LogP contribution in [0.4, 0.5) is 5.82 Å². The highest BCUT2D eigenvalue weighted by molar-refractivity contribution is 5.79. The first-order valence-electron chi connectivity index (χ1n) is 7.61. The fourth-order valence-corrected chi connectivity index (χ4v) is 2.41. The van der Waals surface area contributed by atoms with Crippen molar-refractivity contribution in [3.8, 4) is 0 Å². The summed E-state index contributed by atoms with van der Waals surface area (Å²) < 4.78 is 0. The number of anilines is 1. The first-order chi connectivity index (χ1) is 10.7. The van der Waals surface area contributed by atoms with Gasteiger partial charge in [0.2, 0.25) is 11.8 Å². The molecule has 1 aliphatic heterocycles. The number of aromatic nitrogens is 1. The molecular weight excluding hydrogens is 282 g/mol. The molecule has 0 bridgehead atoms. The Morgan fingerprint density at radius 3 is 2.59 bits per heavy atom. The normalized spacial score (nSPS) is 14.8. The van der Waals surface area contributed by atoms with Gasteiger partial charge in [0, 0.05) is 58.3 Å². The molecule has 7 heteroatoms. The maximum Gasteiger partial charge on any atom is 0.224 e. The number of carbonyl (C=O) groups is 2. The van der Waals surface area contributed by atoms with Crippen molar-refractivity contribution in [2.24, 2.45) is 5.73 Å². The van der Waals surface area contributed by atoms with Crippen LogP contribution < -0.4 is 16.0 Å². The average Bonchev–Trinajstić information content (AvgIpc) is 2.56. The number of hydrogen-bond donors (Lipinski definition) is 2. The third kappa shape index (κ3) is 4.70. The molecule has 1 fully saturated rings. The topological polar surface area (TPSA) is 91.6 Å². The van der Waals surface area contributed by atoms with Gasteiger partial charge in [0.05, 0.1) is 0 Å². The van der Waals surface area contributed by atoms with Crippen LogP contribution in [0.5, 0.6) is 0 Å². The van der Waals surface area contributed by atoms with Crippen LogP contribution in [0.3, 0.4) is 0 Å². The molecule has 1 aliphatic rings. The summed E-state index contributed by atoms with van der Waals surface area (Å²) in [5, 5.41) is 2.70. The molecule has 0 aromatic carbocycles. The number of rotatable bonds is 6. The fraction of sp³-hybridized carbons (Fsp3) is 0.533. The molecule has 120 valence electrons. The van der Waals surface area contributed by atoms with E-state index in [1.54, 1.807) is 6.20 Å². The van der Waals surface area contributed by atoms with Crippen molar-refractivity contribution >= 4 is 17.6 Å². The first-order valence-corrected chi connectivity index (χ1v) is 7.61. The predicted octanol–water partition coefficient (Wildman–Crippen LogP) is -0.415. The van der Waals surface area contributed by atoms with Crippen molar-refractivity contribution < 1.29 is 9.59 Å². The Kier molecular flexibility index (Phi) is 6.14. The number of carbonyl (C=O) groups excluding carboxylic acids is 2. The summed E-state index contributed by atoms with van der Waals surface area (Å²) in [6, 6.07) is 5.83. The van der Waals surface area contributed by atoms with Crippen molar-refractivity contribution in [1.29, 1.82) is 0 Å². The maximum atomic E-state index is 12.1. The zero-order valence-corrected chi connectivity index (χ0v) is 12.7. The number of hydrogen-bond acceptors (Lipinski definition) is 5. The summed E-state index contributed by atoms with van der Waals surface area (Å²) in [5.41, 5.74) is 5.29. The van der Waals surface area contributed by atoms with Crippen LogP contribution in [0.25, 0.3) is 0 Å². The third-order valence-corrected chi connectivity index (χ3v) is 3.64. The second kappa shape index (κ2) is 8.33. The van der Waals surface area contributed by atoms with Gasteiger partial charge in [-0.2, -0.15) is 0 Å². The molecule has 0 radical (unpaired) electrons. The average molecular weight is 305 g/mol. The molecular formula is C15H23N5O2. The predicted molar refractivity (Wildman–Crippen MR) is 84.3 cm³/mol. The van der Waals surface area contributed by atoms with Crippen molar-refractivity contribution in [1.82, 2.24) is 15.2 Å². The summed E-state index contributed by atoms with van der Waals surface area (Å²) in [4.78, 5) is 31.7. The minimum Gasteiger partial charge on any atom is -0.356 e. The van der Waals surface area contributed by atoms with Crippen molar-refractivity contribution in [3.63, 3.8) is 0 Å². The molecule has 2 heterocycles. The monoisotopic (exact) mass is 305 g/mol. The quantitative estimate of drug-likeness (QED) is 0.745. The molecule has 0 unspecified atom stereocenters. The van der Waals surface area contributed by atoms with E-state index in [0.29, 0.717) is 39.0 Å². The van der Waals surface area contributed by atoms with Gasteiger partial charge in [-0.15, -0.1) is 0 Å². The molecule has 22 heavy (non-hydrogen) atoms. The van der Waals surface area contributed by atoms with Gasteiger partial charge in [0.25, 0.3) is 0 Å². The van der Waals surface area contributed by atoms with E-state index in [1.165, 1.54) is 0 Å². The van der Waals surface area contributed by atoms with Crippen LogP contribution in [-0.4, -0.2) is 61.0 Å². The van der Waals surface area contributed by atoms with Crippen LogP contribution in [0.1, 0.15) is 12.8 Å². The second-order valence-corrected chi connectivity index (χ2v) is 5.19. The summed E-state index contributed by atoms with van der Waals surface area (Å²) in [5.74, 6) is 0.924. The highest BCUT2D eigenvalue weighted by Gasteiger charge is 2.21. The molecule has 1 aromatic rings. The Hall–Kier alpha value is -2.15.